The molecule has 0 saturated carbocycles. The van der Waals surface area contributed by atoms with Crippen LogP contribution in [-0.4, -0.2) is 13.3 Å². The van der Waals surface area contributed by atoms with Crippen molar-refractivity contribution in [1.29, 1.82) is 0 Å². The van der Waals surface area contributed by atoms with Crippen LogP contribution in [0.1, 0.15) is 17.2 Å². The number of likely N-dealkylation sites (N-methyl/N-ethyl adjacent to an activating group) is 1. The first kappa shape index (κ1) is 16.5. The van der Waals surface area contributed by atoms with Crippen LogP contribution in [-0.2, 0) is 6.42 Å². The van der Waals surface area contributed by atoms with E-state index in [9.17, 15) is 8.78 Å². The number of hydrogen-bond acceptors (Lipinski definition) is 2. The molecule has 0 heterocycles. The molecular formula is C16H16BrF2NS. The van der Waals surface area contributed by atoms with Gasteiger partial charge < -0.3 is 5.32 Å². The Balaban J connectivity index is 2.38. The molecule has 0 amide bonds. The topological polar surface area (TPSA) is 12.0 Å². The van der Waals surface area contributed by atoms with Gasteiger partial charge in [0.25, 0.3) is 0 Å². The minimum absolute atomic E-state index is 0.0969. The first-order valence-electron chi connectivity index (χ1n) is 6.51. The van der Waals surface area contributed by atoms with E-state index in [2.05, 4.69) is 21.2 Å². The van der Waals surface area contributed by atoms with Crippen LogP contribution in [0.5, 0.6) is 0 Å². The van der Waals surface area contributed by atoms with Crippen molar-refractivity contribution in [2.75, 3.05) is 13.3 Å². The summed E-state index contributed by atoms with van der Waals surface area (Å²) >= 11 is 4.73. The van der Waals surface area contributed by atoms with Gasteiger partial charge in [-0.1, -0.05) is 18.2 Å². The van der Waals surface area contributed by atoms with Crippen molar-refractivity contribution in [3.05, 3.63) is 63.6 Å². The summed E-state index contributed by atoms with van der Waals surface area (Å²) < 4.78 is 28.4. The van der Waals surface area contributed by atoms with E-state index in [1.54, 1.807) is 18.8 Å². The highest BCUT2D eigenvalue weighted by molar-refractivity contribution is 9.10. The highest BCUT2D eigenvalue weighted by atomic mass is 79.9. The molecule has 0 radical (unpaired) electrons. The molecule has 0 aliphatic rings. The summed E-state index contributed by atoms with van der Waals surface area (Å²) in [4.78, 5) is 1.10. The van der Waals surface area contributed by atoms with Crippen LogP contribution in [0.4, 0.5) is 8.78 Å². The van der Waals surface area contributed by atoms with E-state index >= 15 is 0 Å². The first-order chi connectivity index (χ1) is 10.1. The summed E-state index contributed by atoms with van der Waals surface area (Å²) in [5.41, 5.74) is 1.14. The molecule has 0 aliphatic carbocycles. The minimum atomic E-state index is -0.531. The Kier molecular flexibility index (Phi) is 5.79. The zero-order valence-electron chi connectivity index (χ0n) is 11.8. The number of nitrogens with one attached hydrogen (secondary N) is 1. The van der Waals surface area contributed by atoms with Crippen LogP contribution in [0.15, 0.2) is 45.8 Å². The second-order valence-corrected chi connectivity index (χ2v) is 6.31. The van der Waals surface area contributed by atoms with Crippen LogP contribution in [0.25, 0.3) is 0 Å². The van der Waals surface area contributed by atoms with Gasteiger partial charge >= 0.3 is 0 Å². The van der Waals surface area contributed by atoms with Crippen LogP contribution < -0.4 is 5.32 Å². The van der Waals surface area contributed by atoms with E-state index in [0.29, 0.717) is 0 Å². The van der Waals surface area contributed by atoms with E-state index in [4.69, 9.17) is 0 Å². The average molecular weight is 372 g/mol. The fourth-order valence-electron chi connectivity index (χ4n) is 2.28. The van der Waals surface area contributed by atoms with Gasteiger partial charge in [-0.05, 0) is 59.4 Å². The van der Waals surface area contributed by atoms with E-state index < -0.39 is 11.6 Å². The van der Waals surface area contributed by atoms with Crippen molar-refractivity contribution >= 4 is 27.7 Å². The lowest BCUT2D eigenvalue weighted by Crippen LogP contribution is -2.20. The predicted octanol–water partition coefficient (Wildman–Crippen LogP) is 4.95. The van der Waals surface area contributed by atoms with Crippen molar-refractivity contribution in [3.63, 3.8) is 0 Å². The van der Waals surface area contributed by atoms with Gasteiger partial charge in [-0.15, -0.1) is 11.8 Å². The molecule has 0 bridgehead atoms. The van der Waals surface area contributed by atoms with E-state index in [0.717, 1.165) is 10.5 Å². The first-order valence-corrected chi connectivity index (χ1v) is 8.52. The molecule has 21 heavy (non-hydrogen) atoms. The number of benzene rings is 2. The summed E-state index contributed by atoms with van der Waals surface area (Å²) in [6.07, 6.45) is 2.25. The fourth-order valence-corrected chi connectivity index (χ4v) is 3.31. The van der Waals surface area contributed by atoms with Gasteiger partial charge in [0.15, 0.2) is 0 Å². The quantitative estimate of drug-likeness (QED) is 0.589. The molecule has 2 rings (SSSR count). The van der Waals surface area contributed by atoms with Gasteiger partial charge in [0.1, 0.15) is 11.6 Å². The van der Waals surface area contributed by atoms with Crippen LogP contribution in [0.2, 0.25) is 0 Å². The monoisotopic (exact) mass is 371 g/mol. The lowest BCUT2D eigenvalue weighted by molar-refractivity contribution is 0.509. The molecule has 1 atom stereocenters. The van der Waals surface area contributed by atoms with E-state index in [-0.39, 0.29) is 22.5 Å². The fraction of sp³-hybridized carbons (Fsp3) is 0.250. The summed E-state index contributed by atoms with van der Waals surface area (Å²) in [6, 6.07) is 10.4. The van der Waals surface area contributed by atoms with Crippen LogP contribution >= 0.6 is 27.7 Å². The standard InChI is InChI=1S/C16H16BrF2NS/c1-20-14(10-5-3-4-6-15(10)21-2)9-11-13(18)8-7-12(17)16(11)19/h3-8,14,20H,9H2,1-2H3. The second kappa shape index (κ2) is 7.38. The molecule has 2 aromatic carbocycles. The van der Waals surface area contributed by atoms with Crippen molar-refractivity contribution in [2.45, 2.75) is 17.4 Å². The maximum atomic E-state index is 14.1. The Morgan fingerprint density at radius 2 is 1.90 bits per heavy atom. The molecule has 1 nitrogen and oxygen atoms in total. The van der Waals surface area contributed by atoms with Crippen molar-refractivity contribution in [1.82, 2.24) is 5.32 Å². The molecular weight excluding hydrogens is 356 g/mol. The third kappa shape index (κ3) is 3.65. The van der Waals surface area contributed by atoms with Crippen LogP contribution in [0, 0.1) is 11.6 Å². The SMILES string of the molecule is CNC(Cc1c(F)ccc(Br)c1F)c1ccccc1SC. The van der Waals surface area contributed by atoms with Gasteiger partial charge in [0, 0.05) is 16.5 Å². The van der Waals surface area contributed by atoms with E-state index in [1.807, 2.05) is 30.5 Å². The third-order valence-corrected chi connectivity index (χ3v) is 4.83. The van der Waals surface area contributed by atoms with Crippen molar-refractivity contribution < 1.29 is 8.78 Å². The van der Waals surface area contributed by atoms with Gasteiger partial charge in [-0.2, -0.15) is 0 Å². The highest BCUT2D eigenvalue weighted by Crippen LogP contribution is 2.30. The molecule has 2 aromatic rings. The maximum absolute atomic E-state index is 14.1. The Bertz CT molecular complexity index is 634. The molecule has 5 heteroatoms. The molecule has 0 saturated heterocycles. The Hall–Kier alpha value is -0.910. The Morgan fingerprint density at radius 1 is 1.19 bits per heavy atom. The summed E-state index contributed by atoms with van der Waals surface area (Å²) in [6.45, 7) is 0. The number of hydrogen-bond donors (Lipinski definition) is 1. The zero-order valence-corrected chi connectivity index (χ0v) is 14.2. The van der Waals surface area contributed by atoms with Gasteiger partial charge in [0.05, 0.1) is 4.47 Å². The average Bonchev–Trinajstić information content (AvgIpc) is 2.51. The molecule has 0 spiro atoms. The summed E-state index contributed by atoms with van der Waals surface area (Å²) in [5.74, 6) is -1.05. The minimum Gasteiger partial charge on any atom is -0.313 e. The Morgan fingerprint density at radius 3 is 2.57 bits per heavy atom. The Labute approximate surface area is 136 Å². The lowest BCUT2D eigenvalue weighted by Gasteiger charge is -2.20. The summed E-state index contributed by atoms with van der Waals surface area (Å²) in [5, 5.41) is 3.15. The number of thioether (sulfide) groups is 1. The molecule has 0 aliphatic heterocycles. The maximum Gasteiger partial charge on any atom is 0.143 e. The molecule has 0 aromatic heterocycles. The predicted molar refractivity (Wildman–Crippen MR) is 87.8 cm³/mol. The molecule has 1 unspecified atom stereocenters. The number of rotatable bonds is 5. The van der Waals surface area contributed by atoms with Crippen LogP contribution in [0.3, 0.4) is 0 Å². The second-order valence-electron chi connectivity index (χ2n) is 4.61. The molecule has 112 valence electrons. The van der Waals surface area contributed by atoms with Gasteiger partial charge in [-0.3, -0.25) is 0 Å². The third-order valence-electron chi connectivity index (χ3n) is 3.41. The number of halogens is 3. The largest absolute Gasteiger partial charge is 0.313 e. The molecule has 1 N–H and O–H groups in total. The van der Waals surface area contributed by atoms with Gasteiger partial charge in [-0.25, -0.2) is 8.78 Å². The van der Waals surface area contributed by atoms with Crippen molar-refractivity contribution in [3.8, 4) is 0 Å². The normalized spacial score (nSPS) is 12.4. The molecule has 0 fully saturated rings. The highest BCUT2D eigenvalue weighted by Gasteiger charge is 2.19. The van der Waals surface area contributed by atoms with E-state index in [1.165, 1.54) is 12.1 Å². The zero-order chi connectivity index (χ0) is 15.4. The smallest absolute Gasteiger partial charge is 0.143 e. The summed E-state index contributed by atoms with van der Waals surface area (Å²) in [7, 11) is 1.80. The van der Waals surface area contributed by atoms with Gasteiger partial charge in [0.2, 0.25) is 0 Å². The lowest BCUT2D eigenvalue weighted by atomic mass is 9.98. The van der Waals surface area contributed by atoms with Crippen molar-refractivity contribution in [2.24, 2.45) is 0 Å².